The Kier molecular flexibility index (Phi) is 7.11. The molecule has 0 spiro atoms. The molecule has 0 aliphatic carbocycles. The molecule has 0 aromatic rings. The van der Waals surface area contributed by atoms with Crippen molar-refractivity contribution in [1.29, 1.82) is 0 Å². The second kappa shape index (κ2) is 7.32. The monoisotopic (exact) mass is 172 g/mol. The first-order valence-electron chi connectivity index (χ1n) is 4.61. The van der Waals surface area contributed by atoms with Crippen molar-refractivity contribution in [3.63, 3.8) is 0 Å². The van der Waals surface area contributed by atoms with Crippen LogP contribution in [0.15, 0.2) is 11.6 Å². The van der Waals surface area contributed by atoms with Gasteiger partial charge >= 0.3 is 0 Å². The minimum atomic E-state index is -0.202. The van der Waals surface area contributed by atoms with Gasteiger partial charge in [0, 0.05) is 6.61 Å². The maximum atomic E-state index is 8.97. The third-order valence-corrected chi connectivity index (χ3v) is 1.81. The van der Waals surface area contributed by atoms with Crippen molar-refractivity contribution < 1.29 is 10.2 Å². The summed E-state index contributed by atoms with van der Waals surface area (Å²) < 4.78 is 0. The Hall–Kier alpha value is -0.340. The molecule has 0 amide bonds. The molecule has 12 heavy (non-hydrogen) atoms. The van der Waals surface area contributed by atoms with Gasteiger partial charge in [-0.25, -0.2) is 0 Å². The van der Waals surface area contributed by atoms with E-state index in [2.05, 4.69) is 13.0 Å². The summed E-state index contributed by atoms with van der Waals surface area (Å²) in [5.74, 6) is 0. The lowest BCUT2D eigenvalue weighted by Crippen LogP contribution is -1.97. The third kappa shape index (κ3) is 7.76. The largest absolute Gasteiger partial charge is 0.396 e. The van der Waals surface area contributed by atoms with E-state index < -0.39 is 0 Å². The van der Waals surface area contributed by atoms with Gasteiger partial charge in [0.05, 0.1) is 6.10 Å². The Labute approximate surface area is 74.9 Å². The molecule has 0 fully saturated rings. The second-order valence-electron chi connectivity index (χ2n) is 3.30. The Morgan fingerprint density at radius 3 is 2.67 bits per heavy atom. The average Bonchev–Trinajstić information content (AvgIpc) is 2.00. The lowest BCUT2D eigenvalue weighted by Gasteiger charge is -2.01. The minimum Gasteiger partial charge on any atom is -0.396 e. The molecule has 0 rings (SSSR count). The van der Waals surface area contributed by atoms with Crippen LogP contribution in [0, 0.1) is 0 Å². The molecule has 1 atom stereocenters. The fraction of sp³-hybridized carbons (Fsp3) is 0.800. The highest BCUT2D eigenvalue weighted by molar-refractivity contribution is 4.97. The van der Waals surface area contributed by atoms with Crippen LogP contribution in [0.2, 0.25) is 0 Å². The fourth-order valence-electron chi connectivity index (χ4n) is 1.03. The van der Waals surface area contributed by atoms with Crippen molar-refractivity contribution in [2.24, 2.45) is 0 Å². The van der Waals surface area contributed by atoms with Crippen LogP contribution in [0.1, 0.15) is 39.5 Å². The van der Waals surface area contributed by atoms with Crippen LogP contribution < -0.4 is 0 Å². The molecule has 2 nitrogen and oxygen atoms in total. The quantitative estimate of drug-likeness (QED) is 0.600. The van der Waals surface area contributed by atoms with E-state index in [-0.39, 0.29) is 12.7 Å². The molecular weight excluding hydrogens is 152 g/mol. The maximum absolute atomic E-state index is 8.97. The zero-order valence-corrected chi connectivity index (χ0v) is 8.08. The first-order valence-corrected chi connectivity index (χ1v) is 4.61. The molecule has 0 heterocycles. The molecule has 0 saturated heterocycles. The maximum Gasteiger partial charge on any atom is 0.0515 e. The molecule has 0 aromatic heterocycles. The Morgan fingerprint density at radius 2 is 2.17 bits per heavy atom. The van der Waals surface area contributed by atoms with Crippen LogP contribution in [0.3, 0.4) is 0 Å². The van der Waals surface area contributed by atoms with Gasteiger partial charge in [-0.1, -0.05) is 11.6 Å². The molecule has 2 N–H and O–H groups in total. The van der Waals surface area contributed by atoms with E-state index in [9.17, 15) is 0 Å². The van der Waals surface area contributed by atoms with Gasteiger partial charge in [-0.15, -0.1) is 0 Å². The van der Waals surface area contributed by atoms with Crippen molar-refractivity contribution in [3.8, 4) is 0 Å². The van der Waals surface area contributed by atoms with Crippen LogP contribution >= 0.6 is 0 Å². The van der Waals surface area contributed by atoms with Gasteiger partial charge in [-0.3, -0.25) is 0 Å². The molecule has 0 aromatic carbocycles. The highest BCUT2D eigenvalue weighted by Crippen LogP contribution is 2.06. The SMILES string of the molecule is C/C(=C\CCC(C)O)CCCO. The normalized spacial score (nSPS) is 14.8. The Bertz CT molecular complexity index is 128. The summed E-state index contributed by atoms with van der Waals surface area (Å²) in [4.78, 5) is 0. The standard InChI is InChI=1S/C10H20O2/c1-9(6-4-8-11)5-3-7-10(2)12/h5,10-12H,3-4,6-8H2,1-2H3/b9-5+. The van der Waals surface area contributed by atoms with Crippen molar-refractivity contribution in [2.45, 2.75) is 45.6 Å². The number of rotatable bonds is 6. The van der Waals surface area contributed by atoms with Crippen molar-refractivity contribution >= 4 is 0 Å². The summed E-state index contributed by atoms with van der Waals surface area (Å²) in [5, 5.41) is 17.5. The summed E-state index contributed by atoms with van der Waals surface area (Å²) >= 11 is 0. The third-order valence-electron chi connectivity index (χ3n) is 1.81. The van der Waals surface area contributed by atoms with Crippen molar-refractivity contribution in [1.82, 2.24) is 0 Å². The van der Waals surface area contributed by atoms with Gasteiger partial charge in [0.15, 0.2) is 0 Å². The average molecular weight is 172 g/mol. The van der Waals surface area contributed by atoms with Crippen molar-refractivity contribution in [2.75, 3.05) is 6.61 Å². The second-order valence-corrected chi connectivity index (χ2v) is 3.30. The van der Waals surface area contributed by atoms with E-state index in [1.54, 1.807) is 6.92 Å². The van der Waals surface area contributed by atoms with Crippen LogP contribution in [-0.4, -0.2) is 22.9 Å². The summed E-state index contributed by atoms with van der Waals surface area (Å²) in [5.41, 5.74) is 1.31. The number of aliphatic hydroxyl groups is 2. The van der Waals surface area contributed by atoms with Gasteiger partial charge in [0.1, 0.15) is 0 Å². The minimum absolute atomic E-state index is 0.202. The van der Waals surface area contributed by atoms with Gasteiger partial charge in [-0.2, -0.15) is 0 Å². The zero-order valence-electron chi connectivity index (χ0n) is 8.08. The number of aliphatic hydroxyl groups excluding tert-OH is 2. The summed E-state index contributed by atoms with van der Waals surface area (Å²) in [6.07, 6.45) is 5.52. The molecule has 0 saturated carbocycles. The topological polar surface area (TPSA) is 40.5 Å². The van der Waals surface area contributed by atoms with Gasteiger partial charge in [-0.05, 0) is 39.5 Å². The van der Waals surface area contributed by atoms with Gasteiger partial charge < -0.3 is 10.2 Å². The number of hydrogen-bond donors (Lipinski definition) is 2. The van der Waals surface area contributed by atoms with Crippen LogP contribution in [0.25, 0.3) is 0 Å². The van der Waals surface area contributed by atoms with Crippen LogP contribution in [-0.2, 0) is 0 Å². The molecule has 0 aliphatic rings. The highest BCUT2D eigenvalue weighted by Gasteiger charge is 1.93. The van der Waals surface area contributed by atoms with Crippen LogP contribution in [0.5, 0.6) is 0 Å². The van der Waals surface area contributed by atoms with Gasteiger partial charge in [0.25, 0.3) is 0 Å². The Morgan fingerprint density at radius 1 is 1.50 bits per heavy atom. The lowest BCUT2D eigenvalue weighted by molar-refractivity contribution is 0.186. The van der Waals surface area contributed by atoms with E-state index >= 15 is 0 Å². The number of hydrogen-bond acceptors (Lipinski definition) is 2. The zero-order chi connectivity index (χ0) is 9.40. The first kappa shape index (κ1) is 11.7. The molecular formula is C10H20O2. The van der Waals surface area contributed by atoms with E-state index in [0.29, 0.717) is 0 Å². The highest BCUT2D eigenvalue weighted by atomic mass is 16.3. The molecule has 2 heteroatoms. The predicted octanol–water partition coefficient (Wildman–Crippen LogP) is 1.87. The molecule has 0 radical (unpaired) electrons. The molecule has 0 bridgehead atoms. The predicted molar refractivity (Wildman–Crippen MR) is 51.0 cm³/mol. The van der Waals surface area contributed by atoms with E-state index in [0.717, 1.165) is 25.7 Å². The molecule has 72 valence electrons. The summed E-state index contributed by atoms with van der Waals surface area (Å²) in [6, 6.07) is 0. The van der Waals surface area contributed by atoms with E-state index in [1.807, 2.05) is 0 Å². The molecule has 1 unspecified atom stereocenters. The van der Waals surface area contributed by atoms with Crippen molar-refractivity contribution in [3.05, 3.63) is 11.6 Å². The van der Waals surface area contributed by atoms with E-state index in [4.69, 9.17) is 10.2 Å². The smallest absolute Gasteiger partial charge is 0.0515 e. The lowest BCUT2D eigenvalue weighted by atomic mass is 10.1. The van der Waals surface area contributed by atoms with Crippen LogP contribution in [0.4, 0.5) is 0 Å². The summed E-state index contributed by atoms with van der Waals surface area (Å²) in [6.45, 7) is 4.14. The first-order chi connectivity index (χ1) is 5.66. The number of allylic oxidation sites excluding steroid dienone is 2. The van der Waals surface area contributed by atoms with Gasteiger partial charge in [0.2, 0.25) is 0 Å². The molecule has 0 aliphatic heterocycles. The fourth-order valence-corrected chi connectivity index (χ4v) is 1.03. The Balaban J connectivity index is 3.41. The summed E-state index contributed by atoms with van der Waals surface area (Å²) in [7, 11) is 0. The van der Waals surface area contributed by atoms with E-state index in [1.165, 1.54) is 5.57 Å².